The van der Waals surface area contributed by atoms with Crippen LogP contribution in [0.25, 0.3) is 16.9 Å². The van der Waals surface area contributed by atoms with Crippen molar-refractivity contribution >= 4 is 11.6 Å². The van der Waals surface area contributed by atoms with Crippen molar-refractivity contribution in [1.82, 2.24) is 24.9 Å². The lowest BCUT2D eigenvalue weighted by atomic mass is 10.1. The molecule has 3 heterocycles. The highest BCUT2D eigenvalue weighted by Crippen LogP contribution is 2.32. The number of nitrogens with zero attached hydrogens (tertiary/aromatic N) is 4. The van der Waals surface area contributed by atoms with E-state index in [-0.39, 0.29) is 12.7 Å². The van der Waals surface area contributed by atoms with Gasteiger partial charge in [-0.3, -0.25) is 4.79 Å². The summed E-state index contributed by atoms with van der Waals surface area (Å²) in [5.41, 5.74) is 2.83. The van der Waals surface area contributed by atoms with Gasteiger partial charge in [-0.05, 0) is 49.4 Å². The van der Waals surface area contributed by atoms with E-state index < -0.39 is 6.04 Å². The molecular weight excluding hydrogens is 398 g/mol. The van der Waals surface area contributed by atoms with Crippen LogP contribution >= 0.6 is 0 Å². The third-order valence-corrected chi connectivity index (χ3v) is 5.00. The summed E-state index contributed by atoms with van der Waals surface area (Å²) in [5, 5.41) is 7.36. The molecular formula is C22H19N5O4. The molecule has 156 valence electrons. The fourth-order valence-corrected chi connectivity index (χ4v) is 3.30. The van der Waals surface area contributed by atoms with Gasteiger partial charge in [0.05, 0.1) is 18.8 Å². The Morgan fingerprint density at radius 2 is 1.94 bits per heavy atom. The van der Waals surface area contributed by atoms with Gasteiger partial charge in [-0.1, -0.05) is 0 Å². The van der Waals surface area contributed by atoms with Crippen LogP contribution in [0, 0.1) is 0 Å². The van der Waals surface area contributed by atoms with Crippen molar-refractivity contribution in [1.29, 1.82) is 0 Å². The lowest BCUT2D eigenvalue weighted by Crippen LogP contribution is -2.27. The molecule has 1 N–H and O–H groups in total. The maximum Gasteiger partial charge on any atom is 0.252 e. The maximum atomic E-state index is 12.6. The molecule has 0 fully saturated rings. The van der Waals surface area contributed by atoms with E-state index in [1.807, 2.05) is 37.3 Å². The molecule has 1 aliphatic heterocycles. The first-order chi connectivity index (χ1) is 15.1. The second-order valence-corrected chi connectivity index (χ2v) is 7.04. The highest BCUT2D eigenvalue weighted by molar-refractivity contribution is 5.95. The molecule has 0 aliphatic carbocycles. The van der Waals surface area contributed by atoms with Crippen LogP contribution in [0.2, 0.25) is 0 Å². The lowest BCUT2D eigenvalue weighted by Gasteiger charge is -2.10. The van der Waals surface area contributed by atoms with E-state index >= 15 is 0 Å². The van der Waals surface area contributed by atoms with Gasteiger partial charge in [-0.15, -0.1) is 5.10 Å². The minimum Gasteiger partial charge on any atom is -0.497 e. The van der Waals surface area contributed by atoms with Gasteiger partial charge in [0.15, 0.2) is 23.0 Å². The zero-order chi connectivity index (χ0) is 21.4. The number of fused-ring (bicyclic) bond motifs is 2. The lowest BCUT2D eigenvalue weighted by molar-refractivity contribution is 0.0938. The van der Waals surface area contributed by atoms with Gasteiger partial charge in [0.25, 0.3) is 5.91 Å². The van der Waals surface area contributed by atoms with Crippen LogP contribution in [0.4, 0.5) is 0 Å². The van der Waals surface area contributed by atoms with Crippen molar-refractivity contribution in [3.05, 3.63) is 66.2 Å². The largest absolute Gasteiger partial charge is 0.497 e. The Labute approximate surface area is 177 Å². The van der Waals surface area contributed by atoms with Crippen LogP contribution in [-0.2, 0) is 0 Å². The molecule has 0 unspecified atom stereocenters. The van der Waals surface area contributed by atoms with Crippen LogP contribution < -0.4 is 19.5 Å². The van der Waals surface area contributed by atoms with Crippen LogP contribution in [0.1, 0.15) is 29.1 Å². The molecule has 0 bridgehead atoms. The second kappa shape index (κ2) is 7.60. The van der Waals surface area contributed by atoms with Crippen molar-refractivity contribution in [3.8, 4) is 28.5 Å². The smallest absolute Gasteiger partial charge is 0.252 e. The van der Waals surface area contributed by atoms with E-state index in [0.717, 1.165) is 17.0 Å². The number of hydrogen-bond acceptors (Lipinski definition) is 7. The molecule has 1 atom stereocenters. The Kier molecular flexibility index (Phi) is 4.62. The average molecular weight is 417 g/mol. The predicted molar refractivity (Wildman–Crippen MR) is 111 cm³/mol. The van der Waals surface area contributed by atoms with Gasteiger partial charge < -0.3 is 19.5 Å². The summed E-state index contributed by atoms with van der Waals surface area (Å²) in [7, 11) is 1.63. The highest BCUT2D eigenvalue weighted by atomic mass is 16.7. The molecule has 2 aromatic carbocycles. The number of ether oxygens (including phenoxy) is 3. The van der Waals surface area contributed by atoms with E-state index in [1.165, 1.54) is 0 Å². The number of rotatable bonds is 5. The number of nitrogens with one attached hydrogen (secondary N) is 1. The zero-order valence-electron chi connectivity index (χ0n) is 16.9. The molecule has 5 rings (SSSR count). The van der Waals surface area contributed by atoms with Crippen molar-refractivity contribution < 1.29 is 19.0 Å². The number of aromatic nitrogens is 4. The topological polar surface area (TPSA) is 99.9 Å². The van der Waals surface area contributed by atoms with E-state index in [0.29, 0.717) is 28.5 Å². The zero-order valence-corrected chi connectivity index (χ0v) is 16.9. The summed E-state index contributed by atoms with van der Waals surface area (Å²) < 4.78 is 17.4. The molecule has 9 heteroatoms. The Bertz CT molecular complexity index is 1270. The van der Waals surface area contributed by atoms with Crippen LogP contribution in [-0.4, -0.2) is 39.4 Å². The first kappa shape index (κ1) is 18.9. The summed E-state index contributed by atoms with van der Waals surface area (Å²) in [6.07, 6.45) is 1.61. The van der Waals surface area contributed by atoms with Gasteiger partial charge in [-0.25, -0.2) is 14.5 Å². The average Bonchev–Trinajstić information content (AvgIpc) is 3.45. The van der Waals surface area contributed by atoms with Gasteiger partial charge in [-0.2, -0.15) is 0 Å². The monoisotopic (exact) mass is 417 g/mol. The van der Waals surface area contributed by atoms with Gasteiger partial charge >= 0.3 is 0 Å². The fourth-order valence-electron chi connectivity index (χ4n) is 3.30. The molecule has 4 aromatic rings. The standard InChI is InChI=1S/C22H19N5O4/c1-13(24-22(28)15-5-8-18-19(9-15)31-12-30-18)21-25-20-10-17(23-11-27(20)26-21)14-3-6-16(29-2)7-4-14/h3-11,13H,12H2,1-2H3,(H,24,28)/t13-/m1/s1. The molecule has 1 amide bonds. The SMILES string of the molecule is COc1ccc(-c2cc3nc([C@@H](C)NC(=O)c4ccc5c(c4)OCO5)nn3cn2)cc1. The van der Waals surface area contributed by atoms with E-state index in [2.05, 4.69) is 20.4 Å². The van der Waals surface area contributed by atoms with E-state index in [4.69, 9.17) is 14.2 Å². The van der Waals surface area contributed by atoms with Crippen molar-refractivity contribution in [2.24, 2.45) is 0 Å². The summed E-state index contributed by atoms with van der Waals surface area (Å²) in [5.74, 6) is 2.21. The molecule has 1 aliphatic rings. The molecule has 0 spiro atoms. The fraction of sp³-hybridized carbons (Fsp3) is 0.182. The van der Waals surface area contributed by atoms with E-state index in [9.17, 15) is 4.79 Å². The summed E-state index contributed by atoms with van der Waals surface area (Å²) in [6.45, 7) is 1.99. The number of benzene rings is 2. The summed E-state index contributed by atoms with van der Waals surface area (Å²) in [4.78, 5) is 21.7. The third-order valence-electron chi connectivity index (χ3n) is 5.00. The Morgan fingerprint density at radius 3 is 2.74 bits per heavy atom. The van der Waals surface area contributed by atoms with Crippen LogP contribution in [0.5, 0.6) is 17.2 Å². The van der Waals surface area contributed by atoms with Crippen molar-refractivity contribution in [3.63, 3.8) is 0 Å². The predicted octanol–water partition coefficient (Wildman–Crippen LogP) is 3.02. The highest BCUT2D eigenvalue weighted by Gasteiger charge is 2.19. The quantitative estimate of drug-likeness (QED) is 0.533. The number of methoxy groups -OCH3 is 1. The second-order valence-electron chi connectivity index (χ2n) is 7.04. The minimum absolute atomic E-state index is 0.161. The van der Waals surface area contributed by atoms with Gasteiger partial charge in [0.1, 0.15) is 12.1 Å². The normalized spacial score (nSPS) is 13.2. The van der Waals surface area contributed by atoms with Gasteiger partial charge in [0.2, 0.25) is 6.79 Å². The number of hydrogen-bond donors (Lipinski definition) is 1. The maximum absolute atomic E-state index is 12.6. The Morgan fingerprint density at radius 1 is 1.13 bits per heavy atom. The van der Waals surface area contributed by atoms with Crippen molar-refractivity contribution in [2.45, 2.75) is 13.0 Å². The molecule has 9 nitrogen and oxygen atoms in total. The molecule has 0 saturated carbocycles. The molecule has 31 heavy (non-hydrogen) atoms. The molecule has 2 aromatic heterocycles. The van der Waals surface area contributed by atoms with Gasteiger partial charge in [0, 0.05) is 17.2 Å². The number of carbonyl (C=O) groups is 1. The Balaban J connectivity index is 1.35. The molecule has 0 radical (unpaired) electrons. The van der Waals surface area contributed by atoms with Crippen LogP contribution in [0.3, 0.4) is 0 Å². The minimum atomic E-state index is -0.401. The van der Waals surface area contributed by atoms with Crippen LogP contribution in [0.15, 0.2) is 54.9 Å². The number of amides is 1. The van der Waals surface area contributed by atoms with Crippen molar-refractivity contribution in [2.75, 3.05) is 13.9 Å². The first-order valence-electron chi connectivity index (χ1n) is 9.68. The summed E-state index contributed by atoms with van der Waals surface area (Å²) in [6, 6.07) is 14.1. The Hall–Kier alpha value is -4.14. The first-order valence-corrected chi connectivity index (χ1v) is 9.68. The molecule has 0 saturated heterocycles. The van der Waals surface area contributed by atoms with E-state index in [1.54, 1.807) is 36.2 Å². The third kappa shape index (κ3) is 3.61. The number of carbonyl (C=O) groups excluding carboxylic acids is 1. The summed E-state index contributed by atoms with van der Waals surface area (Å²) >= 11 is 0.